The van der Waals surface area contributed by atoms with E-state index in [4.69, 9.17) is 9.40 Å². The van der Waals surface area contributed by atoms with E-state index in [1.165, 1.54) is 30.6 Å². The molecule has 0 aliphatic rings. The molecular formula is C20H21N3OS2. The van der Waals surface area contributed by atoms with Crippen molar-refractivity contribution in [3.05, 3.63) is 49.4 Å². The molecule has 0 aliphatic carbocycles. The third-order valence-electron chi connectivity index (χ3n) is 4.58. The lowest BCUT2D eigenvalue weighted by atomic mass is 10.1. The Kier molecular flexibility index (Phi) is 4.12. The summed E-state index contributed by atoms with van der Waals surface area (Å²) in [5, 5.41) is 0. The van der Waals surface area contributed by atoms with Crippen LogP contribution in [-0.4, -0.2) is 14.5 Å². The first-order valence-electron chi connectivity index (χ1n) is 8.51. The largest absolute Gasteiger partial charge is 0.428 e. The van der Waals surface area contributed by atoms with Crippen LogP contribution < -0.4 is 0 Å². The van der Waals surface area contributed by atoms with E-state index in [1.54, 1.807) is 22.7 Å². The van der Waals surface area contributed by atoms with Crippen LogP contribution in [0.2, 0.25) is 0 Å². The van der Waals surface area contributed by atoms with Crippen LogP contribution in [0.3, 0.4) is 0 Å². The van der Waals surface area contributed by atoms with Gasteiger partial charge in [0.05, 0.1) is 17.1 Å². The molecule has 0 aliphatic heterocycles. The van der Waals surface area contributed by atoms with Crippen LogP contribution in [0.25, 0.3) is 28.5 Å². The van der Waals surface area contributed by atoms with Gasteiger partial charge >= 0.3 is 6.01 Å². The smallest absolute Gasteiger partial charge is 0.307 e. The predicted octanol–water partition coefficient (Wildman–Crippen LogP) is 6.17. The fraction of sp³-hybridized carbons (Fsp3) is 0.300. The third-order valence-corrected chi connectivity index (χ3v) is 6.51. The van der Waals surface area contributed by atoms with E-state index in [1.807, 2.05) is 24.7 Å². The molecule has 0 aromatic carbocycles. The number of thiophene rings is 2. The van der Waals surface area contributed by atoms with Gasteiger partial charge in [-0.15, -0.1) is 22.7 Å². The number of aryl methyl sites for hydroxylation is 6. The lowest BCUT2D eigenvalue weighted by Gasteiger charge is -2.07. The lowest BCUT2D eigenvalue weighted by Crippen LogP contribution is -1.97. The fourth-order valence-electron chi connectivity index (χ4n) is 3.24. The van der Waals surface area contributed by atoms with Gasteiger partial charge in [0.25, 0.3) is 0 Å². The summed E-state index contributed by atoms with van der Waals surface area (Å²) in [6, 6.07) is 5.02. The molecule has 0 saturated heterocycles. The van der Waals surface area contributed by atoms with Crippen LogP contribution in [0.1, 0.15) is 31.0 Å². The van der Waals surface area contributed by atoms with E-state index in [2.05, 4.69) is 44.8 Å². The molecule has 26 heavy (non-hydrogen) atoms. The number of hydrogen-bond acceptors (Lipinski definition) is 5. The van der Waals surface area contributed by atoms with Crippen molar-refractivity contribution in [3.63, 3.8) is 0 Å². The van der Waals surface area contributed by atoms with Crippen molar-refractivity contribution in [1.29, 1.82) is 0 Å². The van der Waals surface area contributed by atoms with Crippen molar-refractivity contribution in [1.82, 2.24) is 14.5 Å². The zero-order valence-electron chi connectivity index (χ0n) is 15.8. The first-order valence-corrected chi connectivity index (χ1v) is 10.1. The second-order valence-electron chi connectivity index (χ2n) is 6.60. The van der Waals surface area contributed by atoms with E-state index in [0.29, 0.717) is 6.01 Å². The summed E-state index contributed by atoms with van der Waals surface area (Å²) in [5.41, 5.74) is 5.32. The number of imidazole rings is 1. The zero-order chi connectivity index (χ0) is 18.6. The van der Waals surface area contributed by atoms with Gasteiger partial charge in [-0.05, 0) is 53.7 Å². The quantitative estimate of drug-likeness (QED) is 0.425. The average Bonchev–Trinajstić information content (AvgIpc) is 3.28. The molecule has 0 atom stereocenters. The van der Waals surface area contributed by atoms with Gasteiger partial charge < -0.3 is 4.42 Å². The molecule has 4 aromatic rings. The minimum absolute atomic E-state index is 0.571. The highest BCUT2D eigenvalue weighted by Gasteiger charge is 2.23. The summed E-state index contributed by atoms with van der Waals surface area (Å²) in [6.45, 7) is 12.5. The highest BCUT2D eigenvalue weighted by atomic mass is 32.1. The molecule has 4 heterocycles. The van der Waals surface area contributed by atoms with Gasteiger partial charge in [0.1, 0.15) is 12.1 Å². The summed E-state index contributed by atoms with van der Waals surface area (Å²) >= 11 is 3.61. The minimum Gasteiger partial charge on any atom is -0.428 e. The van der Waals surface area contributed by atoms with Crippen LogP contribution in [0.4, 0.5) is 0 Å². The zero-order valence-corrected chi connectivity index (χ0v) is 17.4. The fourth-order valence-corrected chi connectivity index (χ4v) is 5.09. The van der Waals surface area contributed by atoms with Gasteiger partial charge in [0.15, 0.2) is 0 Å². The highest BCUT2D eigenvalue weighted by molar-refractivity contribution is 7.12. The Labute approximate surface area is 161 Å². The van der Waals surface area contributed by atoms with Crippen molar-refractivity contribution in [2.75, 3.05) is 0 Å². The molecule has 0 bridgehead atoms. The van der Waals surface area contributed by atoms with E-state index < -0.39 is 0 Å². The molecule has 0 spiro atoms. The Bertz CT molecular complexity index is 1090. The molecule has 4 rings (SSSR count). The van der Waals surface area contributed by atoms with E-state index in [9.17, 15) is 0 Å². The summed E-state index contributed by atoms with van der Waals surface area (Å²) in [7, 11) is 0. The van der Waals surface area contributed by atoms with Gasteiger partial charge in [-0.3, -0.25) is 4.57 Å². The van der Waals surface area contributed by atoms with Crippen LogP contribution in [0.15, 0.2) is 22.9 Å². The number of rotatable bonds is 3. The van der Waals surface area contributed by atoms with Crippen molar-refractivity contribution >= 4 is 22.7 Å². The second-order valence-corrected chi connectivity index (χ2v) is 9.52. The topological polar surface area (TPSA) is 43.9 Å². The molecular weight excluding hydrogens is 362 g/mol. The van der Waals surface area contributed by atoms with Crippen LogP contribution >= 0.6 is 22.7 Å². The van der Waals surface area contributed by atoms with Crippen molar-refractivity contribution in [2.45, 2.75) is 41.5 Å². The first-order chi connectivity index (χ1) is 12.3. The van der Waals surface area contributed by atoms with Gasteiger partial charge in [0, 0.05) is 30.6 Å². The summed E-state index contributed by atoms with van der Waals surface area (Å²) < 4.78 is 7.89. The van der Waals surface area contributed by atoms with Crippen molar-refractivity contribution in [3.8, 4) is 28.5 Å². The molecule has 0 fully saturated rings. The normalized spacial score (nSPS) is 11.5. The molecule has 0 amide bonds. The Hall–Kier alpha value is -2.18. The van der Waals surface area contributed by atoms with Crippen LogP contribution in [0.5, 0.6) is 0 Å². The lowest BCUT2D eigenvalue weighted by molar-refractivity contribution is 0.501. The summed E-state index contributed by atoms with van der Waals surface area (Å²) in [4.78, 5) is 14.5. The van der Waals surface area contributed by atoms with E-state index in [-0.39, 0.29) is 0 Å². The predicted molar refractivity (Wildman–Crippen MR) is 109 cm³/mol. The standard InChI is InChI=1S/C20H21N3OS2/c1-10-7-16(14(5)25-10)18-19(17-8-11(2)26-15(17)6)23(9-21-18)20-22-12(3)13(4)24-20/h7-9H,1-6H3. The van der Waals surface area contributed by atoms with Gasteiger partial charge in [-0.1, -0.05) is 0 Å². The SMILES string of the molecule is Cc1cc(-c2ncn(-c3nc(C)c(C)o3)c2-c2cc(C)sc2C)c(C)s1. The summed E-state index contributed by atoms with van der Waals surface area (Å²) in [5.74, 6) is 0.835. The van der Waals surface area contributed by atoms with Crippen LogP contribution in [0, 0.1) is 41.5 Å². The minimum atomic E-state index is 0.571. The first kappa shape index (κ1) is 17.2. The Morgan fingerprint density at radius 1 is 0.885 bits per heavy atom. The number of aromatic nitrogens is 3. The van der Waals surface area contributed by atoms with Crippen molar-refractivity contribution < 1.29 is 4.42 Å². The van der Waals surface area contributed by atoms with Crippen LogP contribution in [-0.2, 0) is 0 Å². The molecule has 0 saturated carbocycles. The van der Waals surface area contributed by atoms with Gasteiger partial charge in [-0.2, -0.15) is 4.98 Å². The third kappa shape index (κ3) is 2.73. The van der Waals surface area contributed by atoms with Gasteiger partial charge in [-0.25, -0.2) is 4.98 Å². The monoisotopic (exact) mass is 383 g/mol. The molecule has 0 N–H and O–H groups in total. The van der Waals surface area contributed by atoms with E-state index in [0.717, 1.165) is 22.8 Å². The molecule has 6 heteroatoms. The maximum atomic E-state index is 5.91. The number of hydrogen-bond donors (Lipinski definition) is 0. The Morgan fingerprint density at radius 2 is 1.50 bits per heavy atom. The molecule has 134 valence electrons. The Morgan fingerprint density at radius 3 is 2.00 bits per heavy atom. The highest BCUT2D eigenvalue weighted by Crippen LogP contribution is 2.40. The number of nitrogens with zero attached hydrogens (tertiary/aromatic N) is 3. The average molecular weight is 384 g/mol. The number of oxazole rings is 1. The van der Waals surface area contributed by atoms with Gasteiger partial charge in [0.2, 0.25) is 0 Å². The second kappa shape index (κ2) is 6.21. The molecule has 0 radical (unpaired) electrons. The van der Waals surface area contributed by atoms with Crippen molar-refractivity contribution in [2.24, 2.45) is 0 Å². The molecule has 4 nitrogen and oxygen atoms in total. The maximum absolute atomic E-state index is 5.91. The molecule has 0 unspecified atom stereocenters. The Balaban J connectivity index is 2.02. The molecule has 4 aromatic heterocycles. The van der Waals surface area contributed by atoms with E-state index >= 15 is 0 Å². The summed E-state index contributed by atoms with van der Waals surface area (Å²) in [6.07, 6.45) is 1.83. The maximum Gasteiger partial charge on any atom is 0.307 e.